The Hall–Kier alpha value is -3.47. The summed E-state index contributed by atoms with van der Waals surface area (Å²) in [7, 11) is 0. The fourth-order valence-electron chi connectivity index (χ4n) is 2.92. The lowest BCUT2D eigenvalue weighted by molar-refractivity contribution is 0.0996. The number of rotatable bonds is 2. The number of fused-ring (bicyclic) bond motifs is 2. The SMILES string of the molecule is NC(=O)c1nnc2c(-c3ccc4ccccc4c3)cccc2c1N. The van der Waals surface area contributed by atoms with E-state index in [0.717, 1.165) is 16.5 Å². The lowest BCUT2D eigenvalue weighted by Crippen LogP contribution is -2.16. The Bertz CT molecular complexity index is 1100. The molecule has 0 aliphatic carbocycles. The fraction of sp³-hybridized carbons (Fsp3) is 0. The first-order valence-electron chi connectivity index (χ1n) is 7.49. The van der Waals surface area contributed by atoms with E-state index in [1.807, 2.05) is 36.4 Å². The monoisotopic (exact) mass is 314 g/mol. The molecule has 0 saturated heterocycles. The standard InChI is InChI=1S/C19H14N4O/c20-16-15-7-3-6-14(17(15)22-23-18(16)19(21)24)13-9-8-11-4-1-2-5-12(11)10-13/h1-10H,(H2,20,22)(H2,21,24). The summed E-state index contributed by atoms with van der Waals surface area (Å²) in [4.78, 5) is 11.4. The molecule has 3 aromatic carbocycles. The molecular weight excluding hydrogens is 300 g/mol. The molecule has 0 fully saturated rings. The van der Waals surface area contributed by atoms with E-state index in [-0.39, 0.29) is 11.4 Å². The van der Waals surface area contributed by atoms with Gasteiger partial charge >= 0.3 is 0 Å². The minimum atomic E-state index is -0.682. The highest BCUT2D eigenvalue weighted by atomic mass is 16.1. The van der Waals surface area contributed by atoms with Gasteiger partial charge in [0.05, 0.1) is 5.69 Å². The van der Waals surface area contributed by atoms with Crippen molar-refractivity contribution < 1.29 is 4.79 Å². The maximum Gasteiger partial charge on any atom is 0.271 e. The van der Waals surface area contributed by atoms with Crippen molar-refractivity contribution in [2.45, 2.75) is 0 Å². The molecule has 4 N–H and O–H groups in total. The maximum atomic E-state index is 11.4. The van der Waals surface area contributed by atoms with Gasteiger partial charge in [-0.1, -0.05) is 54.6 Å². The van der Waals surface area contributed by atoms with Crippen LogP contribution in [0.1, 0.15) is 10.5 Å². The average Bonchev–Trinajstić information content (AvgIpc) is 2.61. The normalized spacial score (nSPS) is 11.0. The number of nitrogens with zero attached hydrogens (tertiary/aromatic N) is 2. The summed E-state index contributed by atoms with van der Waals surface area (Å²) in [6, 6.07) is 20.0. The topological polar surface area (TPSA) is 94.9 Å². The van der Waals surface area contributed by atoms with Gasteiger partial charge in [-0.3, -0.25) is 4.79 Å². The summed E-state index contributed by atoms with van der Waals surface area (Å²) < 4.78 is 0. The molecule has 1 amide bonds. The first-order chi connectivity index (χ1) is 11.6. The Morgan fingerprint density at radius 2 is 1.67 bits per heavy atom. The third kappa shape index (κ3) is 2.14. The maximum absolute atomic E-state index is 11.4. The zero-order valence-corrected chi connectivity index (χ0v) is 12.7. The van der Waals surface area contributed by atoms with Gasteiger partial charge in [-0.2, -0.15) is 0 Å². The minimum Gasteiger partial charge on any atom is -0.396 e. The van der Waals surface area contributed by atoms with Crippen molar-refractivity contribution in [3.63, 3.8) is 0 Å². The Kier molecular flexibility index (Phi) is 3.13. The molecule has 24 heavy (non-hydrogen) atoms. The lowest BCUT2D eigenvalue weighted by Gasteiger charge is -2.10. The smallest absolute Gasteiger partial charge is 0.271 e. The molecule has 0 atom stereocenters. The zero-order chi connectivity index (χ0) is 16.7. The molecule has 0 aliphatic heterocycles. The van der Waals surface area contributed by atoms with E-state index in [9.17, 15) is 4.79 Å². The minimum absolute atomic E-state index is 0.00170. The number of carbonyl (C=O) groups is 1. The highest BCUT2D eigenvalue weighted by molar-refractivity contribution is 6.07. The van der Waals surface area contributed by atoms with Gasteiger partial charge in [0.1, 0.15) is 5.52 Å². The number of amides is 1. The Labute approximate surface area is 137 Å². The molecule has 0 spiro atoms. The second-order valence-electron chi connectivity index (χ2n) is 5.59. The summed E-state index contributed by atoms with van der Waals surface area (Å²) in [5, 5.41) is 11.1. The second-order valence-corrected chi connectivity index (χ2v) is 5.59. The van der Waals surface area contributed by atoms with E-state index < -0.39 is 5.91 Å². The highest BCUT2D eigenvalue weighted by Crippen LogP contribution is 2.32. The summed E-state index contributed by atoms with van der Waals surface area (Å²) in [5.74, 6) is -0.682. The summed E-state index contributed by atoms with van der Waals surface area (Å²) in [5.41, 5.74) is 14.2. The number of hydrogen-bond acceptors (Lipinski definition) is 4. The molecule has 4 aromatic rings. The van der Waals surface area contributed by atoms with Gasteiger partial charge in [-0.25, -0.2) is 0 Å². The van der Waals surface area contributed by atoms with Gasteiger partial charge in [-0.05, 0) is 22.4 Å². The molecular formula is C19H14N4O. The van der Waals surface area contributed by atoms with Crippen LogP contribution in [0.15, 0.2) is 60.7 Å². The summed E-state index contributed by atoms with van der Waals surface area (Å²) in [6.07, 6.45) is 0. The van der Waals surface area contributed by atoms with Crippen molar-refractivity contribution in [2.75, 3.05) is 5.73 Å². The Balaban J connectivity index is 1.99. The third-order valence-electron chi connectivity index (χ3n) is 4.13. The van der Waals surface area contributed by atoms with E-state index in [0.29, 0.717) is 10.9 Å². The van der Waals surface area contributed by atoms with Crippen molar-refractivity contribution in [2.24, 2.45) is 5.73 Å². The van der Waals surface area contributed by atoms with Crippen LogP contribution in [0.4, 0.5) is 5.69 Å². The molecule has 0 bridgehead atoms. The molecule has 5 heteroatoms. The van der Waals surface area contributed by atoms with Gasteiger partial charge in [0.25, 0.3) is 5.91 Å². The third-order valence-corrected chi connectivity index (χ3v) is 4.13. The highest BCUT2D eigenvalue weighted by Gasteiger charge is 2.15. The molecule has 0 aliphatic rings. The van der Waals surface area contributed by atoms with E-state index in [2.05, 4.69) is 34.5 Å². The van der Waals surface area contributed by atoms with Crippen LogP contribution in [0.25, 0.3) is 32.8 Å². The average molecular weight is 314 g/mol. The van der Waals surface area contributed by atoms with Crippen LogP contribution in [0.2, 0.25) is 0 Å². The molecule has 4 rings (SSSR count). The molecule has 0 radical (unpaired) electrons. The number of carbonyl (C=O) groups excluding carboxylic acids is 1. The lowest BCUT2D eigenvalue weighted by atomic mass is 9.98. The van der Waals surface area contributed by atoms with Crippen LogP contribution < -0.4 is 11.5 Å². The van der Waals surface area contributed by atoms with Crippen molar-refractivity contribution >= 4 is 33.3 Å². The van der Waals surface area contributed by atoms with Gasteiger partial charge < -0.3 is 11.5 Å². The Morgan fingerprint density at radius 3 is 2.46 bits per heavy atom. The fourth-order valence-corrected chi connectivity index (χ4v) is 2.92. The number of nitrogen functional groups attached to an aromatic ring is 1. The van der Waals surface area contributed by atoms with E-state index in [4.69, 9.17) is 11.5 Å². The summed E-state index contributed by atoms with van der Waals surface area (Å²) in [6.45, 7) is 0. The number of nitrogens with two attached hydrogens (primary N) is 2. The molecule has 5 nitrogen and oxygen atoms in total. The van der Waals surface area contributed by atoms with Crippen LogP contribution in [0, 0.1) is 0 Å². The number of hydrogen-bond donors (Lipinski definition) is 2. The summed E-state index contributed by atoms with van der Waals surface area (Å²) >= 11 is 0. The number of primary amides is 1. The number of aromatic nitrogens is 2. The molecule has 0 saturated carbocycles. The van der Waals surface area contributed by atoms with Gasteiger partial charge in [0.15, 0.2) is 5.69 Å². The molecule has 1 heterocycles. The molecule has 116 valence electrons. The number of anilines is 1. The van der Waals surface area contributed by atoms with Crippen molar-refractivity contribution in [3.8, 4) is 11.1 Å². The van der Waals surface area contributed by atoms with Gasteiger partial charge in [0, 0.05) is 10.9 Å². The van der Waals surface area contributed by atoms with Crippen LogP contribution in [-0.2, 0) is 0 Å². The van der Waals surface area contributed by atoms with Crippen molar-refractivity contribution in [3.05, 3.63) is 66.4 Å². The zero-order valence-electron chi connectivity index (χ0n) is 12.7. The van der Waals surface area contributed by atoms with Crippen LogP contribution >= 0.6 is 0 Å². The van der Waals surface area contributed by atoms with E-state index in [1.54, 1.807) is 0 Å². The largest absolute Gasteiger partial charge is 0.396 e. The van der Waals surface area contributed by atoms with Gasteiger partial charge in [-0.15, -0.1) is 10.2 Å². The predicted molar refractivity (Wildman–Crippen MR) is 95.4 cm³/mol. The van der Waals surface area contributed by atoms with Crippen LogP contribution in [0.3, 0.4) is 0 Å². The Morgan fingerprint density at radius 1 is 0.875 bits per heavy atom. The quantitative estimate of drug-likeness (QED) is 0.594. The van der Waals surface area contributed by atoms with E-state index >= 15 is 0 Å². The predicted octanol–water partition coefficient (Wildman–Crippen LogP) is 3.13. The first-order valence-corrected chi connectivity index (χ1v) is 7.49. The second kappa shape index (κ2) is 5.31. The molecule has 0 unspecified atom stereocenters. The van der Waals surface area contributed by atoms with Crippen molar-refractivity contribution in [1.82, 2.24) is 10.2 Å². The number of benzene rings is 3. The first kappa shape index (κ1) is 14.1. The van der Waals surface area contributed by atoms with Gasteiger partial charge in [0.2, 0.25) is 0 Å². The van der Waals surface area contributed by atoms with Crippen LogP contribution in [0.5, 0.6) is 0 Å². The van der Waals surface area contributed by atoms with E-state index in [1.165, 1.54) is 5.39 Å². The van der Waals surface area contributed by atoms with Crippen molar-refractivity contribution in [1.29, 1.82) is 0 Å². The molecule has 1 aromatic heterocycles. The van der Waals surface area contributed by atoms with Crippen LogP contribution in [-0.4, -0.2) is 16.1 Å².